The van der Waals surface area contributed by atoms with E-state index in [-0.39, 0.29) is 46.6 Å². The lowest BCUT2D eigenvalue weighted by atomic mass is 9.93. The molecule has 0 saturated carbocycles. The minimum Gasteiger partial charge on any atom is -0.508 e. The maximum absolute atomic E-state index is 10.6. The molecule has 0 spiro atoms. The number of benzene rings is 4. The summed E-state index contributed by atoms with van der Waals surface area (Å²) < 4.78 is 0. The molecule has 0 atom stereocenters. The minimum absolute atomic E-state index is 0.0373. The molecule has 0 radical (unpaired) electrons. The number of hydrogen-bond acceptors (Lipinski definition) is 8. The Morgan fingerprint density at radius 2 is 0.694 bits per heavy atom. The summed E-state index contributed by atoms with van der Waals surface area (Å²) in [7, 11) is 0. The molecule has 0 bridgehead atoms. The zero-order valence-corrected chi connectivity index (χ0v) is 19.2. The first kappa shape index (κ1) is 24.4. The predicted molar refractivity (Wildman–Crippen MR) is 133 cm³/mol. The van der Waals surface area contributed by atoms with Crippen molar-refractivity contribution in [1.29, 1.82) is 0 Å². The zero-order chi connectivity index (χ0) is 26.0. The second-order valence-electron chi connectivity index (χ2n) is 8.59. The van der Waals surface area contributed by atoms with E-state index in [9.17, 15) is 40.9 Å². The Morgan fingerprint density at radius 1 is 0.361 bits per heavy atom. The molecule has 0 heterocycles. The molecule has 0 amide bonds. The van der Waals surface area contributed by atoms with Crippen LogP contribution < -0.4 is 0 Å². The minimum atomic E-state index is -0.772. The average Bonchev–Trinajstić information content (AvgIpc) is 2.87. The summed E-state index contributed by atoms with van der Waals surface area (Å²) in [5, 5.41) is 81.6. The number of hydrogen-bond donors (Lipinski definition) is 8. The smallest absolute Gasteiger partial charge is 0.201 e. The fraction of sp³-hybridized carbons (Fsp3) is 0.143. The van der Waals surface area contributed by atoms with Crippen LogP contribution in [0.1, 0.15) is 22.3 Å². The van der Waals surface area contributed by atoms with Crippen LogP contribution in [0.5, 0.6) is 46.0 Å². The lowest BCUT2D eigenvalue weighted by molar-refractivity contribution is 0.362. The highest BCUT2D eigenvalue weighted by molar-refractivity contribution is 5.84. The maximum Gasteiger partial charge on any atom is 0.201 e. The van der Waals surface area contributed by atoms with Crippen molar-refractivity contribution in [2.24, 2.45) is 0 Å². The largest absolute Gasteiger partial charge is 0.508 e. The molecule has 8 heteroatoms. The molecule has 0 unspecified atom stereocenters. The summed E-state index contributed by atoms with van der Waals surface area (Å²) >= 11 is 0. The third-order valence-electron chi connectivity index (χ3n) is 6.18. The van der Waals surface area contributed by atoms with Gasteiger partial charge in [0.05, 0.1) is 0 Å². The predicted octanol–water partition coefficient (Wildman–Crippen LogP) is 4.57. The van der Waals surface area contributed by atoms with Gasteiger partial charge in [0.2, 0.25) is 11.5 Å². The highest BCUT2D eigenvalue weighted by atomic mass is 16.3. The molecule has 4 rings (SSSR count). The molecular formula is C28H26O8. The number of aromatic hydroxyl groups is 8. The van der Waals surface area contributed by atoms with E-state index in [0.717, 1.165) is 11.1 Å². The highest BCUT2D eigenvalue weighted by Gasteiger charge is 2.24. The summed E-state index contributed by atoms with van der Waals surface area (Å²) in [6.45, 7) is 0. The van der Waals surface area contributed by atoms with Crippen LogP contribution in [0.4, 0.5) is 0 Å². The first-order chi connectivity index (χ1) is 17.2. The number of rotatable bonds is 7. The molecule has 186 valence electrons. The van der Waals surface area contributed by atoms with Crippen molar-refractivity contribution in [3.8, 4) is 57.1 Å². The van der Waals surface area contributed by atoms with Crippen molar-refractivity contribution in [2.75, 3.05) is 0 Å². The fourth-order valence-electron chi connectivity index (χ4n) is 4.08. The van der Waals surface area contributed by atoms with E-state index in [1.54, 1.807) is 24.3 Å². The van der Waals surface area contributed by atoms with E-state index in [1.165, 1.54) is 36.4 Å². The Hall–Kier alpha value is -4.72. The summed E-state index contributed by atoms with van der Waals surface area (Å²) in [5.74, 6) is -3.70. The van der Waals surface area contributed by atoms with Gasteiger partial charge in [0.1, 0.15) is 11.5 Å². The van der Waals surface area contributed by atoms with Gasteiger partial charge in [-0.1, -0.05) is 24.3 Å². The molecule has 0 aliphatic rings. The monoisotopic (exact) mass is 490 g/mol. The van der Waals surface area contributed by atoms with Gasteiger partial charge in [-0.15, -0.1) is 0 Å². The van der Waals surface area contributed by atoms with Crippen molar-refractivity contribution in [3.05, 3.63) is 82.9 Å². The van der Waals surface area contributed by atoms with Crippen LogP contribution >= 0.6 is 0 Å². The molecule has 0 aliphatic carbocycles. The van der Waals surface area contributed by atoms with Gasteiger partial charge in [0.25, 0.3) is 0 Å². The number of phenols is 8. The summed E-state index contributed by atoms with van der Waals surface area (Å²) in [4.78, 5) is 0. The average molecular weight is 491 g/mol. The topological polar surface area (TPSA) is 162 Å². The quantitative estimate of drug-likeness (QED) is 0.175. The Kier molecular flexibility index (Phi) is 6.69. The van der Waals surface area contributed by atoms with Crippen LogP contribution in [0.25, 0.3) is 11.1 Å². The van der Waals surface area contributed by atoms with Gasteiger partial charge in [-0.3, -0.25) is 0 Å². The molecule has 0 aliphatic heterocycles. The molecule has 36 heavy (non-hydrogen) atoms. The lowest BCUT2D eigenvalue weighted by Crippen LogP contribution is -1.96. The van der Waals surface area contributed by atoms with Crippen molar-refractivity contribution < 1.29 is 40.9 Å². The van der Waals surface area contributed by atoms with E-state index in [4.69, 9.17) is 0 Å². The summed E-state index contributed by atoms with van der Waals surface area (Å²) in [5.41, 5.74) is 2.22. The van der Waals surface area contributed by atoms with E-state index in [0.29, 0.717) is 12.8 Å². The third kappa shape index (κ3) is 4.88. The van der Waals surface area contributed by atoms with Crippen LogP contribution in [0.3, 0.4) is 0 Å². The molecular weight excluding hydrogens is 464 g/mol. The first-order valence-electron chi connectivity index (χ1n) is 11.3. The molecule has 0 fully saturated rings. The Labute approximate surface area is 206 Å². The summed E-state index contributed by atoms with van der Waals surface area (Å²) in [6, 6.07) is 15.8. The van der Waals surface area contributed by atoms with Crippen LogP contribution in [0.2, 0.25) is 0 Å². The van der Waals surface area contributed by atoms with Gasteiger partial charge in [-0.05, 0) is 84.3 Å². The van der Waals surface area contributed by atoms with Crippen molar-refractivity contribution in [2.45, 2.75) is 25.7 Å². The molecule has 0 saturated heterocycles. The Morgan fingerprint density at radius 3 is 1.03 bits per heavy atom. The third-order valence-corrected chi connectivity index (χ3v) is 6.18. The molecule has 0 aromatic heterocycles. The zero-order valence-electron chi connectivity index (χ0n) is 19.2. The second-order valence-corrected chi connectivity index (χ2v) is 8.59. The molecule has 8 N–H and O–H groups in total. The molecule has 4 aromatic rings. The van der Waals surface area contributed by atoms with Crippen molar-refractivity contribution >= 4 is 0 Å². The van der Waals surface area contributed by atoms with Crippen molar-refractivity contribution in [3.63, 3.8) is 0 Å². The van der Waals surface area contributed by atoms with Crippen LogP contribution in [0, 0.1) is 0 Å². The number of phenolic OH excluding ortho intramolecular Hbond substituents is 8. The van der Waals surface area contributed by atoms with Crippen LogP contribution in [-0.2, 0) is 25.7 Å². The molecule has 8 nitrogen and oxygen atoms in total. The van der Waals surface area contributed by atoms with Gasteiger partial charge in [0, 0.05) is 11.1 Å². The molecule has 4 aromatic carbocycles. The Balaban J connectivity index is 1.69. The normalized spacial score (nSPS) is 11.0. The SMILES string of the molecule is Oc1ccc(CCc2cc(-c3cc(CCc4ccc(O)cc4)c(O)c(O)c3O)c(O)c(O)c2O)cc1. The van der Waals surface area contributed by atoms with E-state index >= 15 is 0 Å². The van der Waals surface area contributed by atoms with Crippen LogP contribution in [-0.4, -0.2) is 40.9 Å². The second kappa shape index (κ2) is 9.87. The lowest BCUT2D eigenvalue weighted by Gasteiger charge is -2.16. The van der Waals surface area contributed by atoms with Gasteiger partial charge in [-0.2, -0.15) is 0 Å². The van der Waals surface area contributed by atoms with Gasteiger partial charge in [0.15, 0.2) is 23.0 Å². The van der Waals surface area contributed by atoms with Gasteiger partial charge >= 0.3 is 0 Å². The maximum atomic E-state index is 10.6. The summed E-state index contributed by atoms with van der Waals surface area (Å²) in [6.07, 6.45) is 1.41. The van der Waals surface area contributed by atoms with E-state index in [2.05, 4.69) is 0 Å². The fourth-order valence-corrected chi connectivity index (χ4v) is 4.08. The first-order valence-corrected chi connectivity index (χ1v) is 11.3. The standard InChI is InChI=1S/C28H26O8/c29-19-9-3-15(4-10-19)1-7-17-13-21(25(33)27(35)23(17)31)22-14-18(24(32)28(36)26(22)34)8-2-16-5-11-20(30)12-6-16/h3-6,9-14,29-36H,1-2,7-8H2. The number of aryl methyl sites for hydroxylation is 4. The van der Waals surface area contributed by atoms with E-state index < -0.39 is 34.5 Å². The van der Waals surface area contributed by atoms with Gasteiger partial charge < -0.3 is 40.9 Å². The van der Waals surface area contributed by atoms with E-state index in [1.807, 2.05) is 0 Å². The van der Waals surface area contributed by atoms with Gasteiger partial charge in [-0.25, -0.2) is 0 Å². The van der Waals surface area contributed by atoms with Crippen LogP contribution in [0.15, 0.2) is 60.7 Å². The highest BCUT2D eigenvalue weighted by Crippen LogP contribution is 2.51. The Bertz CT molecular complexity index is 1280. The van der Waals surface area contributed by atoms with Crippen molar-refractivity contribution in [1.82, 2.24) is 0 Å².